The zero-order chi connectivity index (χ0) is 22.6. The van der Waals surface area contributed by atoms with Crippen LogP contribution in [0.3, 0.4) is 0 Å². The average Bonchev–Trinajstić information content (AvgIpc) is 2.75. The quantitative estimate of drug-likeness (QED) is 0.107. The maximum atomic E-state index is 10.9. The minimum Gasteiger partial charge on any atom is -0.756 e. The van der Waals surface area contributed by atoms with Crippen molar-refractivity contribution in [2.45, 2.75) is 109 Å². The number of aromatic nitrogens is 1. The molecule has 1 rings (SSSR count). The molecule has 178 valence electrons. The highest BCUT2D eigenvalue weighted by atomic mass is 31.2. The summed E-state index contributed by atoms with van der Waals surface area (Å²) in [6.07, 6.45) is 27.1. The van der Waals surface area contributed by atoms with Gasteiger partial charge in [0.05, 0.1) is 0 Å². The molecule has 0 fully saturated rings. The molecule has 2 atom stereocenters. The maximum absolute atomic E-state index is 10.9. The summed E-state index contributed by atoms with van der Waals surface area (Å²) in [5, 5.41) is 0. The standard InChI is InChI=1S/C25H44NO4P/c1-2-3-4-5-6-7-8-9-10-11-12-13-14-15-16-18-21-25(24-30-31(27,28)29)26-22-19-17-20-23-26/h9-10,17,19-20,22-23,25H,2-8,11-16,18,21,24H2,1H3,(H-,27,28,29). The molecule has 1 N–H and O–H groups in total. The lowest BCUT2D eigenvalue weighted by atomic mass is 10.0. The van der Waals surface area contributed by atoms with Crippen LogP contribution in [0.25, 0.3) is 0 Å². The van der Waals surface area contributed by atoms with Crippen LogP contribution in [0, 0.1) is 0 Å². The molecule has 1 heterocycles. The second-order valence-electron chi connectivity index (χ2n) is 8.47. The Morgan fingerprint density at radius 1 is 0.871 bits per heavy atom. The summed E-state index contributed by atoms with van der Waals surface area (Å²) in [6.45, 7) is 2.23. The molecule has 31 heavy (non-hydrogen) atoms. The van der Waals surface area contributed by atoms with Gasteiger partial charge in [0.2, 0.25) is 0 Å². The summed E-state index contributed by atoms with van der Waals surface area (Å²) in [7, 11) is -4.68. The summed E-state index contributed by atoms with van der Waals surface area (Å²) in [4.78, 5) is 19.8. The predicted molar refractivity (Wildman–Crippen MR) is 126 cm³/mol. The van der Waals surface area contributed by atoms with Crippen molar-refractivity contribution in [2.24, 2.45) is 0 Å². The Balaban J connectivity index is 2.04. The van der Waals surface area contributed by atoms with E-state index < -0.39 is 7.82 Å². The van der Waals surface area contributed by atoms with Gasteiger partial charge in [0, 0.05) is 18.6 Å². The number of nitrogens with zero attached hydrogens (tertiary/aromatic N) is 1. The lowest BCUT2D eigenvalue weighted by Gasteiger charge is -2.18. The Hall–Kier alpha value is -1.00. The number of hydrogen-bond acceptors (Lipinski definition) is 3. The molecule has 0 aromatic carbocycles. The lowest BCUT2D eigenvalue weighted by Crippen LogP contribution is -2.41. The van der Waals surface area contributed by atoms with Crippen LogP contribution in [0.2, 0.25) is 0 Å². The van der Waals surface area contributed by atoms with E-state index in [9.17, 15) is 9.46 Å². The largest absolute Gasteiger partial charge is 0.756 e. The van der Waals surface area contributed by atoms with E-state index in [0.29, 0.717) is 0 Å². The van der Waals surface area contributed by atoms with Crippen LogP contribution < -0.4 is 9.46 Å². The summed E-state index contributed by atoms with van der Waals surface area (Å²) in [5.74, 6) is 0. The third-order valence-electron chi connectivity index (χ3n) is 5.64. The van der Waals surface area contributed by atoms with Gasteiger partial charge in [-0.15, -0.1) is 0 Å². The van der Waals surface area contributed by atoms with Gasteiger partial charge in [0.1, 0.15) is 6.61 Å². The van der Waals surface area contributed by atoms with Crippen molar-refractivity contribution in [3.63, 3.8) is 0 Å². The molecule has 1 aromatic rings. The van der Waals surface area contributed by atoms with Gasteiger partial charge in [-0.3, -0.25) is 4.57 Å². The second-order valence-corrected chi connectivity index (χ2v) is 9.66. The van der Waals surface area contributed by atoms with Crippen LogP contribution >= 0.6 is 7.82 Å². The third kappa shape index (κ3) is 17.3. The summed E-state index contributed by atoms with van der Waals surface area (Å²) in [6, 6.07) is 5.64. The smallest absolute Gasteiger partial charge is 0.265 e. The van der Waals surface area contributed by atoms with Crippen LogP contribution in [0.4, 0.5) is 0 Å². The predicted octanol–water partition coefficient (Wildman–Crippen LogP) is 6.42. The van der Waals surface area contributed by atoms with Crippen LogP contribution in [-0.4, -0.2) is 11.5 Å². The van der Waals surface area contributed by atoms with Crippen molar-refractivity contribution in [2.75, 3.05) is 6.61 Å². The topological polar surface area (TPSA) is 73.5 Å². The Morgan fingerprint density at radius 3 is 1.94 bits per heavy atom. The molecular weight excluding hydrogens is 409 g/mol. The molecule has 5 nitrogen and oxygen atoms in total. The number of phosphoric acid groups is 1. The van der Waals surface area contributed by atoms with E-state index in [-0.39, 0.29) is 12.6 Å². The van der Waals surface area contributed by atoms with Gasteiger partial charge < -0.3 is 14.3 Å². The molecule has 0 aliphatic rings. The van der Waals surface area contributed by atoms with Crippen molar-refractivity contribution in [1.82, 2.24) is 0 Å². The zero-order valence-corrected chi connectivity index (χ0v) is 20.4. The molecule has 2 unspecified atom stereocenters. The van der Waals surface area contributed by atoms with Gasteiger partial charge in [-0.1, -0.05) is 82.9 Å². The normalized spacial score (nSPS) is 14.7. The first kappa shape index (κ1) is 28.0. The highest BCUT2D eigenvalue weighted by Crippen LogP contribution is 2.31. The third-order valence-corrected chi connectivity index (χ3v) is 6.11. The summed E-state index contributed by atoms with van der Waals surface area (Å²) >= 11 is 0. The van der Waals surface area contributed by atoms with Crippen LogP contribution in [0.1, 0.15) is 109 Å². The van der Waals surface area contributed by atoms with Crippen molar-refractivity contribution < 1.29 is 23.4 Å². The fraction of sp³-hybridized carbons (Fsp3) is 0.720. The van der Waals surface area contributed by atoms with Gasteiger partial charge in [-0.2, -0.15) is 0 Å². The number of allylic oxidation sites excluding steroid dienone is 2. The van der Waals surface area contributed by atoms with E-state index in [2.05, 4.69) is 23.6 Å². The first-order valence-corrected chi connectivity index (χ1v) is 13.8. The fourth-order valence-electron chi connectivity index (χ4n) is 3.78. The van der Waals surface area contributed by atoms with Crippen molar-refractivity contribution >= 4 is 7.82 Å². The molecule has 6 heteroatoms. The maximum Gasteiger partial charge on any atom is 0.265 e. The molecule has 1 aromatic heterocycles. The number of phosphoric ester groups is 1. The summed E-state index contributed by atoms with van der Waals surface area (Å²) in [5.41, 5.74) is 0. The second kappa shape index (κ2) is 18.6. The molecule has 0 bridgehead atoms. The minimum absolute atomic E-state index is 0.0307. The van der Waals surface area contributed by atoms with E-state index in [4.69, 9.17) is 4.89 Å². The molecule has 0 spiro atoms. The van der Waals surface area contributed by atoms with Gasteiger partial charge in [-0.25, -0.2) is 4.57 Å². The summed E-state index contributed by atoms with van der Waals surface area (Å²) < 4.78 is 17.5. The highest BCUT2D eigenvalue weighted by molar-refractivity contribution is 7.44. The Morgan fingerprint density at radius 2 is 1.39 bits per heavy atom. The van der Waals surface area contributed by atoms with E-state index in [1.807, 2.05) is 35.2 Å². The minimum atomic E-state index is -4.68. The van der Waals surface area contributed by atoms with Crippen LogP contribution in [0.15, 0.2) is 42.7 Å². The van der Waals surface area contributed by atoms with E-state index >= 15 is 0 Å². The molecule has 0 radical (unpaired) electrons. The molecule has 0 amide bonds. The van der Waals surface area contributed by atoms with E-state index in [0.717, 1.165) is 19.3 Å². The monoisotopic (exact) mass is 453 g/mol. The van der Waals surface area contributed by atoms with E-state index in [1.54, 1.807) is 0 Å². The van der Waals surface area contributed by atoms with Gasteiger partial charge in [0.15, 0.2) is 18.4 Å². The number of unbranched alkanes of at least 4 members (excludes halogenated alkanes) is 12. The highest BCUT2D eigenvalue weighted by Gasteiger charge is 2.20. The van der Waals surface area contributed by atoms with Crippen molar-refractivity contribution in [3.8, 4) is 0 Å². The number of rotatable bonds is 20. The SMILES string of the molecule is CCCCCCCCC=CCCCCCCCCC(COP(=O)([O-])O)[n+]1ccccc1. The van der Waals surface area contributed by atoms with Crippen LogP contribution in [0.5, 0.6) is 0 Å². The number of hydrogen-bond donors (Lipinski definition) is 1. The zero-order valence-electron chi connectivity index (χ0n) is 19.5. The lowest BCUT2D eigenvalue weighted by molar-refractivity contribution is -0.725. The molecular formula is C25H44NO4P. The van der Waals surface area contributed by atoms with Crippen molar-refractivity contribution in [3.05, 3.63) is 42.7 Å². The average molecular weight is 454 g/mol. The molecule has 0 saturated heterocycles. The van der Waals surface area contributed by atoms with Gasteiger partial charge >= 0.3 is 0 Å². The van der Waals surface area contributed by atoms with E-state index in [1.165, 1.54) is 77.0 Å². The Kier molecular flexibility index (Phi) is 16.8. The first-order chi connectivity index (χ1) is 15.0. The van der Waals surface area contributed by atoms with Gasteiger partial charge in [0.25, 0.3) is 7.82 Å². The Bertz CT molecular complexity index is 603. The first-order valence-electron chi connectivity index (χ1n) is 12.3. The van der Waals surface area contributed by atoms with Gasteiger partial charge in [-0.05, 0) is 32.1 Å². The molecule has 0 saturated carbocycles. The number of pyridine rings is 1. The molecule has 0 aliphatic carbocycles. The van der Waals surface area contributed by atoms with Crippen LogP contribution in [-0.2, 0) is 9.09 Å². The molecule has 0 aliphatic heterocycles. The fourth-order valence-corrected chi connectivity index (χ4v) is 4.14. The Labute approximate surface area is 190 Å². The van der Waals surface area contributed by atoms with Crippen molar-refractivity contribution in [1.29, 1.82) is 0 Å².